The highest BCUT2D eigenvalue weighted by atomic mass is 19.4. The second-order valence-electron chi connectivity index (χ2n) is 8.11. The van der Waals surface area contributed by atoms with Crippen LogP contribution in [-0.2, 0) is 22.1 Å². The summed E-state index contributed by atoms with van der Waals surface area (Å²) >= 11 is 0. The molecule has 1 unspecified atom stereocenters. The fourth-order valence-corrected chi connectivity index (χ4v) is 3.04. The van der Waals surface area contributed by atoms with E-state index in [1.807, 2.05) is 20.8 Å². The molecule has 1 heterocycles. The summed E-state index contributed by atoms with van der Waals surface area (Å²) in [5, 5.41) is 2.81. The normalized spacial score (nSPS) is 17.9. The highest BCUT2D eigenvalue weighted by Crippen LogP contribution is 2.29. The van der Waals surface area contributed by atoms with E-state index >= 15 is 0 Å². The van der Waals surface area contributed by atoms with E-state index in [9.17, 15) is 22.8 Å². The number of hydrogen-bond acceptors (Lipinski definition) is 3. The van der Waals surface area contributed by atoms with Crippen LogP contribution in [0.25, 0.3) is 0 Å². The van der Waals surface area contributed by atoms with Crippen molar-refractivity contribution < 1.29 is 27.5 Å². The van der Waals surface area contributed by atoms with Crippen molar-refractivity contribution in [2.45, 2.75) is 51.8 Å². The quantitative estimate of drug-likeness (QED) is 0.831. The van der Waals surface area contributed by atoms with Crippen LogP contribution < -0.4 is 5.32 Å². The number of alkyl halides is 3. The molecule has 1 saturated heterocycles. The molecule has 28 heavy (non-hydrogen) atoms. The van der Waals surface area contributed by atoms with Gasteiger partial charge in [0.15, 0.2) is 0 Å². The first-order chi connectivity index (χ1) is 12.9. The van der Waals surface area contributed by atoms with Crippen molar-refractivity contribution in [1.82, 2.24) is 10.2 Å². The molecular weight excluding hydrogens is 373 g/mol. The Balaban J connectivity index is 1.80. The number of amides is 2. The van der Waals surface area contributed by atoms with Gasteiger partial charge in [0.1, 0.15) is 5.60 Å². The summed E-state index contributed by atoms with van der Waals surface area (Å²) < 4.78 is 43.1. The topological polar surface area (TPSA) is 58.6 Å². The Morgan fingerprint density at radius 2 is 1.82 bits per heavy atom. The minimum absolute atomic E-state index is 0.0145. The summed E-state index contributed by atoms with van der Waals surface area (Å²) in [7, 11) is 0. The van der Waals surface area contributed by atoms with Crippen LogP contribution >= 0.6 is 0 Å². The van der Waals surface area contributed by atoms with Gasteiger partial charge in [0.2, 0.25) is 5.91 Å². The SMILES string of the molecule is CC(C)(C)OC(=O)N1CCCC(CNC(=O)Cc2ccc(C(F)(F)F)cc2)C1. The van der Waals surface area contributed by atoms with Crippen molar-refractivity contribution >= 4 is 12.0 Å². The lowest BCUT2D eigenvalue weighted by atomic mass is 9.98. The zero-order chi connectivity index (χ0) is 20.9. The van der Waals surface area contributed by atoms with E-state index in [2.05, 4.69) is 5.32 Å². The molecule has 0 spiro atoms. The summed E-state index contributed by atoms with van der Waals surface area (Å²) in [6.45, 7) is 6.99. The van der Waals surface area contributed by atoms with Gasteiger partial charge in [-0.3, -0.25) is 4.79 Å². The van der Waals surface area contributed by atoms with E-state index in [0.29, 0.717) is 25.2 Å². The molecule has 0 aliphatic carbocycles. The summed E-state index contributed by atoms with van der Waals surface area (Å²) in [5.41, 5.74) is -0.773. The number of hydrogen-bond donors (Lipinski definition) is 1. The van der Waals surface area contributed by atoms with Crippen LogP contribution in [0.1, 0.15) is 44.7 Å². The van der Waals surface area contributed by atoms with Gasteiger partial charge in [-0.15, -0.1) is 0 Å². The van der Waals surface area contributed by atoms with Crippen molar-refractivity contribution in [1.29, 1.82) is 0 Å². The first kappa shape index (κ1) is 22.0. The van der Waals surface area contributed by atoms with Crippen LogP contribution in [0, 0.1) is 5.92 Å². The Hall–Kier alpha value is -2.25. The van der Waals surface area contributed by atoms with E-state index in [0.717, 1.165) is 25.0 Å². The number of carbonyl (C=O) groups excluding carboxylic acids is 2. The maximum atomic E-state index is 12.6. The molecule has 1 aromatic rings. The van der Waals surface area contributed by atoms with Gasteiger partial charge >= 0.3 is 12.3 Å². The molecule has 2 rings (SSSR count). The molecule has 0 bridgehead atoms. The molecule has 156 valence electrons. The average Bonchev–Trinajstić information content (AvgIpc) is 2.58. The van der Waals surface area contributed by atoms with Gasteiger partial charge in [0.25, 0.3) is 0 Å². The molecule has 8 heteroatoms. The molecule has 0 saturated carbocycles. The highest BCUT2D eigenvalue weighted by Gasteiger charge is 2.30. The molecule has 1 aliphatic rings. The van der Waals surface area contributed by atoms with E-state index in [4.69, 9.17) is 4.74 Å². The number of carbonyl (C=O) groups is 2. The summed E-state index contributed by atoms with van der Waals surface area (Å²) in [6, 6.07) is 4.57. The van der Waals surface area contributed by atoms with E-state index in [1.165, 1.54) is 12.1 Å². The van der Waals surface area contributed by atoms with E-state index < -0.39 is 17.3 Å². The minimum atomic E-state index is -4.39. The number of likely N-dealkylation sites (tertiary alicyclic amines) is 1. The maximum Gasteiger partial charge on any atom is 0.416 e. The second kappa shape index (κ2) is 8.84. The lowest BCUT2D eigenvalue weighted by Crippen LogP contribution is -2.45. The van der Waals surface area contributed by atoms with E-state index in [-0.39, 0.29) is 24.3 Å². The Morgan fingerprint density at radius 3 is 2.39 bits per heavy atom. The monoisotopic (exact) mass is 400 g/mol. The van der Waals surface area contributed by atoms with Crippen LogP contribution in [0.3, 0.4) is 0 Å². The van der Waals surface area contributed by atoms with Crippen molar-refractivity contribution in [3.63, 3.8) is 0 Å². The highest BCUT2D eigenvalue weighted by molar-refractivity contribution is 5.78. The van der Waals surface area contributed by atoms with Crippen molar-refractivity contribution in [2.24, 2.45) is 5.92 Å². The number of piperidine rings is 1. The standard InChI is InChI=1S/C20H27F3N2O3/c1-19(2,3)28-18(27)25-10-4-5-15(13-25)12-24-17(26)11-14-6-8-16(9-7-14)20(21,22)23/h6-9,15H,4-5,10-13H2,1-3H3,(H,24,26). The van der Waals surface area contributed by atoms with Crippen LogP contribution in [0.5, 0.6) is 0 Å². The van der Waals surface area contributed by atoms with Gasteiger partial charge in [-0.05, 0) is 57.2 Å². The van der Waals surface area contributed by atoms with Gasteiger partial charge in [-0.25, -0.2) is 4.79 Å². The first-order valence-electron chi connectivity index (χ1n) is 9.35. The largest absolute Gasteiger partial charge is 0.444 e. The third-order valence-electron chi connectivity index (χ3n) is 4.40. The van der Waals surface area contributed by atoms with Gasteiger partial charge in [-0.2, -0.15) is 13.2 Å². The second-order valence-corrected chi connectivity index (χ2v) is 8.11. The predicted molar refractivity (Wildman–Crippen MR) is 98.7 cm³/mol. The molecule has 1 aromatic carbocycles. The Labute approximate surface area is 163 Å². The van der Waals surface area contributed by atoms with Crippen LogP contribution in [0.15, 0.2) is 24.3 Å². The molecule has 1 N–H and O–H groups in total. The summed E-state index contributed by atoms with van der Waals surface area (Å²) in [4.78, 5) is 25.9. The fourth-order valence-electron chi connectivity index (χ4n) is 3.04. The number of benzene rings is 1. The maximum absolute atomic E-state index is 12.6. The molecular formula is C20H27F3N2O3. The van der Waals surface area contributed by atoms with Gasteiger partial charge < -0.3 is 15.0 Å². The van der Waals surface area contributed by atoms with Crippen molar-refractivity contribution in [2.75, 3.05) is 19.6 Å². The Morgan fingerprint density at radius 1 is 1.18 bits per heavy atom. The molecule has 0 radical (unpaired) electrons. The molecule has 1 aliphatic heterocycles. The number of nitrogens with one attached hydrogen (secondary N) is 1. The van der Waals surface area contributed by atoms with Gasteiger partial charge in [0.05, 0.1) is 12.0 Å². The van der Waals surface area contributed by atoms with Crippen LogP contribution in [0.2, 0.25) is 0 Å². The summed E-state index contributed by atoms with van der Waals surface area (Å²) in [6.07, 6.45) is -3.01. The zero-order valence-corrected chi connectivity index (χ0v) is 16.4. The number of nitrogens with zero attached hydrogens (tertiary/aromatic N) is 1. The third kappa shape index (κ3) is 7.05. The molecule has 2 amide bonds. The number of halogens is 3. The summed E-state index contributed by atoms with van der Waals surface area (Å²) in [5.74, 6) is -0.132. The van der Waals surface area contributed by atoms with Crippen molar-refractivity contribution in [3.05, 3.63) is 35.4 Å². The van der Waals surface area contributed by atoms with Crippen LogP contribution in [-0.4, -0.2) is 42.1 Å². The van der Waals surface area contributed by atoms with Gasteiger partial charge in [0, 0.05) is 19.6 Å². The fraction of sp³-hybridized carbons (Fsp3) is 0.600. The average molecular weight is 400 g/mol. The Bertz CT molecular complexity index is 681. The molecule has 1 fully saturated rings. The minimum Gasteiger partial charge on any atom is -0.444 e. The molecule has 1 atom stereocenters. The predicted octanol–water partition coefficient (Wildman–Crippen LogP) is 4.01. The lowest BCUT2D eigenvalue weighted by Gasteiger charge is -2.34. The molecule has 0 aromatic heterocycles. The molecule has 5 nitrogen and oxygen atoms in total. The third-order valence-corrected chi connectivity index (χ3v) is 4.40. The Kier molecular flexibility index (Phi) is 6.96. The lowest BCUT2D eigenvalue weighted by molar-refractivity contribution is -0.137. The first-order valence-corrected chi connectivity index (χ1v) is 9.35. The number of ether oxygens (including phenoxy) is 1. The van der Waals surface area contributed by atoms with Crippen molar-refractivity contribution in [3.8, 4) is 0 Å². The van der Waals surface area contributed by atoms with Crippen LogP contribution in [0.4, 0.5) is 18.0 Å². The zero-order valence-electron chi connectivity index (χ0n) is 16.4. The number of rotatable bonds is 4. The van der Waals surface area contributed by atoms with Gasteiger partial charge in [-0.1, -0.05) is 12.1 Å². The van der Waals surface area contributed by atoms with E-state index in [1.54, 1.807) is 4.90 Å². The smallest absolute Gasteiger partial charge is 0.416 e.